The molecule has 18 heavy (non-hydrogen) atoms. The molecular formula is C15H14ClNO. The van der Waals surface area contributed by atoms with E-state index in [0.29, 0.717) is 21.8 Å². The number of anilines is 1. The molecule has 2 rings (SSSR count). The molecule has 0 amide bonds. The highest BCUT2D eigenvalue weighted by Gasteiger charge is 2.12. The van der Waals surface area contributed by atoms with Gasteiger partial charge in [0, 0.05) is 21.8 Å². The van der Waals surface area contributed by atoms with E-state index in [1.54, 1.807) is 30.3 Å². The second-order valence-corrected chi connectivity index (χ2v) is 4.77. The summed E-state index contributed by atoms with van der Waals surface area (Å²) in [5, 5.41) is 0.606. The zero-order valence-corrected chi connectivity index (χ0v) is 11.1. The lowest BCUT2D eigenvalue weighted by atomic mass is 9.98. The Morgan fingerprint density at radius 1 is 1.06 bits per heavy atom. The fraction of sp³-hybridized carbons (Fsp3) is 0.133. The SMILES string of the molecule is Cc1ccc(C(=O)c2ccc(N)cc2C)cc1Cl. The van der Waals surface area contributed by atoms with Crippen LogP contribution in [0.3, 0.4) is 0 Å². The van der Waals surface area contributed by atoms with Gasteiger partial charge in [-0.2, -0.15) is 0 Å². The van der Waals surface area contributed by atoms with E-state index in [1.807, 2.05) is 19.9 Å². The summed E-state index contributed by atoms with van der Waals surface area (Å²) in [5.41, 5.74) is 9.42. The van der Waals surface area contributed by atoms with Crippen LogP contribution in [0.5, 0.6) is 0 Å². The Kier molecular flexibility index (Phi) is 3.39. The number of hydrogen-bond acceptors (Lipinski definition) is 2. The Bertz CT molecular complexity index is 620. The highest BCUT2D eigenvalue weighted by molar-refractivity contribution is 6.31. The standard InChI is InChI=1S/C15H14ClNO/c1-9-3-4-11(8-14(9)16)15(18)13-6-5-12(17)7-10(13)2/h3-8H,17H2,1-2H3. The van der Waals surface area contributed by atoms with Crippen molar-refractivity contribution in [1.82, 2.24) is 0 Å². The molecule has 0 saturated heterocycles. The third-order valence-corrected chi connectivity index (χ3v) is 3.34. The molecule has 0 aromatic heterocycles. The summed E-state index contributed by atoms with van der Waals surface area (Å²) in [7, 11) is 0. The van der Waals surface area contributed by atoms with E-state index in [1.165, 1.54) is 0 Å². The topological polar surface area (TPSA) is 43.1 Å². The van der Waals surface area contributed by atoms with E-state index >= 15 is 0 Å². The van der Waals surface area contributed by atoms with Crippen molar-refractivity contribution >= 4 is 23.1 Å². The highest BCUT2D eigenvalue weighted by Crippen LogP contribution is 2.21. The second kappa shape index (κ2) is 4.83. The summed E-state index contributed by atoms with van der Waals surface area (Å²) in [6.45, 7) is 3.78. The van der Waals surface area contributed by atoms with Gasteiger partial charge in [0.1, 0.15) is 0 Å². The Labute approximate surface area is 111 Å². The number of benzene rings is 2. The minimum atomic E-state index is -0.0330. The lowest BCUT2D eigenvalue weighted by Crippen LogP contribution is -2.04. The monoisotopic (exact) mass is 259 g/mol. The molecule has 0 aliphatic carbocycles. The fourth-order valence-electron chi connectivity index (χ4n) is 1.83. The molecule has 0 spiro atoms. The first-order valence-electron chi connectivity index (χ1n) is 5.66. The van der Waals surface area contributed by atoms with Gasteiger partial charge >= 0.3 is 0 Å². The van der Waals surface area contributed by atoms with E-state index < -0.39 is 0 Å². The molecule has 2 N–H and O–H groups in total. The van der Waals surface area contributed by atoms with Crippen molar-refractivity contribution in [3.63, 3.8) is 0 Å². The van der Waals surface area contributed by atoms with Gasteiger partial charge in [0.15, 0.2) is 5.78 Å². The molecule has 2 aromatic rings. The van der Waals surface area contributed by atoms with E-state index in [0.717, 1.165) is 11.1 Å². The first-order chi connectivity index (χ1) is 8.49. The number of carbonyl (C=O) groups excluding carboxylic acids is 1. The molecular weight excluding hydrogens is 246 g/mol. The summed E-state index contributed by atoms with van der Waals surface area (Å²) in [6, 6.07) is 10.6. The van der Waals surface area contributed by atoms with Gasteiger partial charge in [0.25, 0.3) is 0 Å². The predicted molar refractivity (Wildman–Crippen MR) is 75.2 cm³/mol. The molecule has 2 aromatic carbocycles. The number of rotatable bonds is 2. The van der Waals surface area contributed by atoms with Crippen molar-refractivity contribution in [1.29, 1.82) is 0 Å². The lowest BCUT2D eigenvalue weighted by Gasteiger charge is -2.07. The number of hydrogen-bond donors (Lipinski definition) is 1. The number of nitrogens with two attached hydrogens (primary N) is 1. The molecule has 3 heteroatoms. The van der Waals surface area contributed by atoms with Gasteiger partial charge in [-0.05, 0) is 49.2 Å². The summed E-state index contributed by atoms with van der Waals surface area (Å²) in [4.78, 5) is 12.3. The van der Waals surface area contributed by atoms with Crippen LogP contribution in [-0.4, -0.2) is 5.78 Å². The van der Waals surface area contributed by atoms with Crippen LogP contribution >= 0.6 is 11.6 Å². The van der Waals surface area contributed by atoms with E-state index in [2.05, 4.69) is 0 Å². The molecule has 0 aliphatic rings. The summed E-state index contributed by atoms with van der Waals surface area (Å²) >= 11 is 6.04. The largest absolute Gasteiger partial charge is 0.399 e. The average molecular weight is 260 g/mol. The zero-order chi connectivity index (χ0) is 13.3. The molecule has 0 bridgehead atoms. The van der Waals surface area contributed by atoms with Crippen LogP contribution < -0.4 is 5.73 Å². The minimum absolute atomic E-state index is 0.0330. The number of ketones is 1. The van der Waals surface area contributed by atoms with Crippen molar-refractivity contribution in [2.24, 2.45) is 0 Å². The van der Waals surface area contributed by atoms with Crippen LogP contribution in [0.15, 0.2) is 36.4 Å². The zero-order valence-electron chi connectivity index (χ0n) is 10.3. The summed E-state index contributed by atoms with van der Waals surface area (Å²) in [5.74, 6) is -0.0330. The van der Waals surface area contributed by atoms with E-state index in [4.69, 9.17) is 17.3 Å². The maximum atomic E-state index is 12.3. The Hall–Kier alpha value is -1.80. The van der Waals surface area contributed by atoms with Crippen molar-refractivity contribution in [2.45, 2.75) is 13.8 Å². The molecule has 0 fully saturated rings. The van der Waals surface area contributed by atoms with E-state index in [9.17, 15) is 4.79 Å². The predicted octanol–water partition coefficient (Wildman–Crippen LogP) is 3.77. The van der Waals surface area contributed by atoms with Gasteiger partial charge in [-0.1, -0.05) is 23.7 Å². The number of aryl methyl sites for hydroxylation is 2. The Morgan fingerprint density at radius 2 is 1.78 bits per heavy atom. The van der Waals surface area contributed by atoms with Crippen LogP contribution in [0.25, 0.3) is 0 Å². The smallest absolute Gasteiger partial charge is 0.193 e. The van der Waals surface area contributed by atoms with Crippen LogP contribution in [0.4, 0.5) is 5.69 Å². The van der Waals surface area contributed by atoms with Crippen molar-refractivity contribution in [3.8, 4) is 0 Å². The summed E-state index contributed by atoms with van der Waals surface area (Å²) in [6.07, 6.45) is 0. The Morgan fingerprint density at radius 3 is 2.39 bits per heavy atom. The highest BCUT2D eigenvalue weighted by atomic mass is 35.5. The molecule has 0 aliphatic heterocycles. The number of carbonyl (C=O) groups is 1. The molecule has 0 radical (unpaired) electrons. The van der Waals surface area contributed by atoms with E-state index in [-0.39, 0.29) is 5.78 Å². The molecule has 2 nitrogen and oxygen atoms in total. The number of halogens is 1. The second-order valence-electron chi connectivity index (χ2n) is 4.37. The van der Waals surface area contributed by atoms with Crippen LogP contribution in [0.2, 0.25) is 5.02 Å². The summed E-state index contributed by atoms with van der Waals surface area (Å²) < 4.78 is 0. The van der Waals surface area contributed by atoms with Gasteiger partial charge in [0.05, 0.1) is 0 Å². The average Bonchev–Trinajstić information content (AvgIpc) is 2.32. The normalized spacial score (nSPS) is 10.4. The van der Waals surface area contributed by atoms with Gasteiger partial charge in [0.2, 0.25) is 0 Å². The van der Waals surface area contributed by atoms with Crippen LogP contribution in [0.1, 0.15) is 27.0 Å². The Balaban J connectivity index is 2.44. The third kappa shape index (κ3) is 2.39. The maximum absolute atomic E-state index is 12.3. The van der Waals surface area contributed by atoms with Crippen molar-refractivity contribution in [2.75, 3.05) is 5.73 Å². The minimum Gasteiger partial charge on any atom is -0.399 e. The third-order valence-electron chi connectivity index (χ3n) is 2.93. The molecule has 0 unspecified atom stereocenters. The number of nitrogen functional groups attached to an aromatic ring is 1. The van der Waals surface area contributed by atoms with Gasteiger partial charge in [-0.25, -0.2) is 0 Å². The first kappa shape index (κ1) is 12.7. The fourth-order valence-corrected chi connectivity index (χ4v) is 2.01. The molecule has 0 atom stereocenters. The van der Waals surface area contributed by atoms with Gasteiger partial charge in [-0.3, -0.25) is 4.79 Å². The molecule has 0 saturated carbocycles. The van der Waals surface area contributed by atoms with Crippen molar-refractivity contribution in [3.05, 3.63) is 63.7 Å². The quantitative estimate of drug-likeness (QED) is 0.659. The van der Waals surface area contributed by atoms with Crippen molar-refractivity contribution < 1.29 is 4.79 Å². The van der Waals surface area contributed by atoms with Gasteiger partial charge in [-0.15, -0.1) is 0 Å². The first-order valence-corrected chi connectivity index (χ1v) is 6.04. The van der Waals surface area contributed by atoms with Gasteiger partial charge < -0.3 is 5.73 Å². The van der Waals surface area contributed by atoms with Crippen LogP contribution in [0, 0.1) is 13.8 Å². The van der Waals surface area contributed by atoms with Crippen LogP contribution in [-0.2, 0) is 0 Å². The lowest BCUT2D eigenvalue weighted by molar-refractivity contribution is 0.103. The molecule has 92 valence electrons. The molecule has 0 heterocycles. The maximum Gasteiger partial charge on any atom is 0.193 e.